The van der Waals surface area contributed by atoms with Gasteiger partial charge in [0.25, 0.3) is 0 Å². The second-order valence-corrected chi connectivity index (χ2v) is 6.30. The first kappa shape index (κ1) is 18.9. The van der Waals surface area contributed by atoms with Crippen LogP contribution in [0.3, 0.4) is 0 Å². The lowest BCUT2D eigenvalue weighted by molar-refractivity contribution is 0.0693. The Hall–Kier alpha value is -3.85. The van der Waals surface area contributed by atoms with E-state index in [0.717, 1.165) is 5.56 Å². The fourth-order valence-corrected chi connectivity index (χ4v) is 2.94. The van der Waals surface area contributed by atoms with E-state index < -0.39 is 5.97 Å². The molecule has 0 spiro atoms. The smallest absolute Gasteiger partial charge is 0.339 e. The molecule has 3 aromatic rings. The minimum atomic E-state index is -1.15. The standard InChI is InChI=1S/C22H19N3O3/c1-14-4-3-5-15(8-14)12-24-20-7-6-16(13-25-20)17-9-18(11-23)21(28-2)19(10-17)22(26)27/h3-10,13H,12H2,1-2H3,(H,24,25)(H,26,27). The number of ether oxygens (including phenoxy) is 1. The normalized spacial score (nSPS) is 10.2. The van der Waals surface area contributed by atoms with Crippen molar-refractivity contribution in [3.63, 3.8) is 0 Å². The van der Waals surface area contributed by atoms with Crippen LogP contribution in [0.25, 0.3) is 11.1 Å². The summed E-state index contributed by atoms with van der Waals surface area (Å²) in [7, 11) is 1.35. The summed E-state index contributed by atoms with van der Waals surface area (Å²) in [5.41, 5.74) is 3.77. The number of carboxylic acid groups (broad SMARTS) is 1. The number of aryl methyl sites for hydroxylation is 1. The average Bonchev–Trinajstić information content (AvgIpc) is 2.71. The highest BCUT2D eigenvalue weighted by Crippen LogP contribution is 2.30. The number of nitriles is 1. The minimum absolute atomic E-state index is 0.0572. The molecule has 0 fully saturated rings. The number of carboxylic acids is 1. The highest BCUT2D eigenvalue weighted by molar-refractivity contribution is 5.94. The second-order valence-electron chi connectivity index (χ2n) is 6.30. The Balaban J connectivity index is 1.84. The summed E-state index contributed by atoms with van der Waals surface area (Å²) in [4.78, 5) is 15.9. The third-order valence-corrected chi connectivity index (χ3v) is 4.30. The van der Waals surface area contributed by atoms with E-state index in [2.05, 4.69) is 16.4 Å². The molecule has 0 aliphatic rings. The van der Waals surface area contributed by atoms with Crippen molar-refractivity contribution >= 4 is 11.8 Å². The summed E-state index contributed by atoms with van der Waals surface area (Å²) < 4.78 is 5.09. The average molecular weight is 373 g/mol. The molecule has 6 nitrogen and oxygen atoms in total. The fraction of sp³-hybridized carbons (Fsp3) is 0.136. The van der Waals surface area contributed by atoms with Gasteiger partial charge in [0.2, 0.25) is 0 Å². The molecule has 3 rings (SSSR count). The maximum atomic E-state index is 11.5. The van der Waals surface area contributed by atoms with Crippen LogP contribution in [0, 0.1) is 18.3 Å². The molecule has 140 valence electrons. The van der Waals surface area contributed by atoms with Gasteiger partial charge in [-0.25, -0.2) is 9.78 Å². The lowest BCUT2D eigenvalue weighted by Crippen LogP contribution is -2.03. The molecular weight excluding hydrogens is 354 g/mol. The predicted octanol–water partition coefficient (Wildman–Crippen LogP) is 4.25. The van der Waals surface area contributed by atoms with Gasteiger partial charge in [-0.15, -0.1) is 0 Å². The Morgan fingerprint density at radius 2 is 2.04 bits per heavy atom. The first-order valence-electron chi connectivity index (χ1n) is 8.63. The highest BCUT2D eigenvalue weighted by atomic mass is 16.5. The molecule has 0 aliphatic heterocycles. The van der Waals surface area contributed by atoms with Gasteiger partial charge in [-0.2, -0.15) is 5.26 Å². The summed E-state index contributed by atoms with van der Waals surface area (Å²) >= 11 is 0. The van der Waals surface area contributed by atoms with Crippen LogP contribution in [0.15, 0.2) is 54.7 Å². The molecule has 0 radical (unpaired) electrons. The third-order valence-electron chi connectivity index (χ3n) is 4.30. The van der Waals surface area contributed by atoms with E-state index in [1.807, 2.05) is 43.3 Å². The number of nitrogens with one attached hydrogen (secondary N) is 1. The number of anilines is 1. The van der Waals surface area contributed by atoms with Crippen LogP contribution >= 0.6 is 0 Å². The maximum Gasteiger partial charge on any atom is 0.339 e. The summed E-state index contributed by atoms with van der Waals surface area (Å²) in [6.07, 6.45) is 1.65. The Bertz CT molecular complexity index is 1050. The van der Waals surface area contributed by atoms with Crippen molar-refractivity contribution in [2.24, 2.45) is 0 Å². The zero-order chi connectivity index (χ0) is 20.1. The van der Waals surface area contributed by atoms with Crippen molar-refractivity contribution in [3.05, 3.63) is 77.0 Å². The van der Waals surface area contributed by atoms with E-state index >= 15 is 0 Å². The van der Waals surface area contributed by atoms with Crippen LogP contribution in [0.4, 0.5) is 5.82 Å². The molecule has 28 heavy (non-hydrogen) atoms. The van der Waals surface area contributed by atoms with E-state index in [4.69, 9.17) is 4.74 Å². The Morgan fingerprint density at radius 3 is 2.64 bits per heavy atom. The van der Waals surface area contributed by atoms with Gasteiger partial charge in [0.15, 0.2) is 5.75 Å². The number of hydrogen-bond donors (Lipinski definition) is 2. The van der Waals surface area contributed by atoms with Crippen molar-refractivity contribution in [3.8, 4) is 22.9 Å². The minimum Gasteiger partial charge on any atom is -0.494 e. The van der Waals surface area contributed by atoms with Crippen molar-refractivity contribution < 1.29 is 14.6 Å². The van der Waals surface area contributed by atoms with Gasteiger partial charge >= 0.3 is 5.97 Å². The number of methoxy groups -OCH3 is 1. The number of pyridine rings is 1. The van der Waals surface area contributed by atoms with Crippen molar-refractivity contribution in [1.29, 1.82) is 5.26 Å². The lowest BCUT2D eigenvalue weighted by atomic mass is 10.00. The number of carbonyl (C=O) groups is 1. The van der Waals surface area contributed by atoms with Gasteiger partial charge in [0.05, 0.1) is 12.7 Å². The van der Waals surface area contributed by atoms with Gasteiger partial charge in [0.1, 0.15) is 17.5 Å². The number of aromatic carboxylic acids is 1. The van der Waals surface area contributed by atoms with Crippen LogP contribution in [0.1, 0.15) is 27.0 Å². The lowest BCUT2D eigenvalue weighted by Gasteiger charge is -2.11. The largest absolute Gasteiger partial charge is 0.494 e. The summed E-state index contributed by atoms with van der Waals surface area (Å²) in [5.74, 6) is -0.388. The molecule has 0 bridgehead atoms. The number of aromatic nitrogens is 1. The third kappa shape index (κ3) is 4.10. The monoisotopic (exact) mass is 373 g/mol. The van der Waals surface area contributed by atoms with Gasteiger partial charge < -0.3 is 15.2 Å². The molecule has 0 amide bonds. The molecule has 2 N–H and O–H groups in total. The topological polar surface area (TPSA) is 95.2 Å². The highest BCUT2D eigenvalue weighted by Gasteiger charge is 2.17. The SMILES string of the molecule is COc1c(C#N)cc(-c2ccc(NCc3cccc(C)c3)nc2)cc1C(=O)O. The molecule has 0 atom stereocenters. The molecule has 0 saturated carbocycles. The molecule has 1 aromatic heterocycles. The molecule has 1 heterocycles. The van der Waals surface area contributed by atoms with E-state index in [1.54, 1.807) is 12.3 Å². The number of benzene rings is 2. The van der Waals surface area contributed by atoms with Gasteiger partial charge in [-0.3, -0.25) is 0 Å². The van der Waals surface area contributed by atoms with Crippen LogP contribution < -0.4 is 10.1 Å². The van der Waals surface area contributed by atoms with Crippen LogP contribution in [0.2, 0.25) is 0 Å². The van der Waals surface area contributed by atoms with E-state index in [-0.39, 0.29) is 16.9 Å². The van der Waals surface area contributed by atoms with Crippen LogP contribution in [-0.4, -0.2) is 23.2 Å². The van der Waals surface area contributed by atoms with Crippen molar-refractivity contribution in [2.75, 3.05) is 12.4 Å². The Morgan fingerprint density at radius 1 is 1.21 bits per heavy atom. The van der Waals surface area contributed by atoms with Gasteiger partial charge in [0, 0.05) is 18.3 Å². The van der Waals surface area contributed by atoms with E-state index in [0.29, 0.717) is 23.5 Å². The summed E-state index contributed by atoms with van der Waals surface area (Å²) in [5, 5.41) is 22.0. The molecule has 0 aliphatic carbocycles. The number of rotatable bonds is 6. The molecule has 2 aromatic carbocycles. The van der Waals surface area contributed by atoms with Crippen LogP contribution in [-0.2, 0) is 6.54 Å². The quantitative estimate of drug-likeness (QED) is 0.671. The molecular formula is C22H19N3O3. The summed E-state index contributed by atoms with van der Waals surface area (Å²) in [6.45, 7) is 2.70. The van der Waals surface area contributed by atoms with E-state index in [1.165, 1.54) is 18.7 Å². The van der Waals surface area contributed by atoms with Crippen LogP contribution in [0.5, 0.6) is 5.75 Å². The zero-order valence-electron chi connectivity index (χ0n) is 15.6. The Labute approximate surface area is 163 Å². The number of nitrogens with zero attached hydrogens (tertiary/aromatic N) is 2. The molecule has 0 saturated heterocycles. The summed E-state index contributed by atoms with van der Waals surface area (Å²) in [6, 6.07) is 16.9. The van der Waals surface area contributed by atoms with Crippen molar-refractivity contribution in [2.45, 2.75) is 13.5 Å². The maximum absolute atomic E-state index is 11.5. The van der Waals surface area contributed by atoms with Gasteiger partial charge in [-0.05, 0) is 42.3 Å². The first-order valence-corrected chi connectivity index (χ1v) is 8.63. The number of hydrogen-bond acceptors (Lipinski definition) is 5. The predicted molar refractivity (Wildman–Crippen MR) is 106 cm³/mol. The van der Waals surface area contributed by atoms with E-state index in [9.17, 15) is 15.2 Å². The Kier molecular flexibility index (Phi) is 5.56. The fourth-order valence-electron chi connectivity index (χ4n) is 2.94. The zero-order valence-corrected chi connectivity index (χ0v) is 15.6. The molecule has 6 heteroatoms. The van der Waals surface area contributed by atoms with Crippen molar-refractivity contribution in [1.82, 2.24) is 4.98 Å². The second kappa shape index (κ2) is 8.23. The first-order chi connectivity index (χ1) is 13.5. The molecule has 0 unspecified atom stereocenters. The van der Waals surface area contributed by atoms with Gasteiger partial charge in [-0.1, -0.05) is 29.8 Å².